The second-order valence-corrected chi connectivity index (χ2v) is 6.35. The van der Waals surface area contributed by atoms with Crippen molar-refractivity contribution in [2.45, 2.75) is 20.0 Å². The van der Waals surface area contributed by atoms with Crippen LogP contribution >= 0.6 is 24.0 Å². The third-order valence-electron chi connectivity index (χ3n) is 4.37. The molecule has 0 spiro atoms. The van der Waals surface area contributed by atoms with Crippen LogP contribution in [0.4, 0.5) is 0 Å². The highest BCUT2D eigenvalue weighted by Gasteiger charge is 2.13. The van der Waals surface area contributed by atoms with Gasteiger partial charge in [0.1, 0.15) is 0 Å². The highest BCUT2D eigenvalue weighted by Crippen LogP contribution is 2.32. The van der Waals surface area contributed by atoms with Gasteiger partial charge in [0.15, 0.2) is 17.5 Å². The Bertz CT molecular complexity index is 942. The molecule has 0 saturated heterocycles. The molecule has 0 atom stereocenters. The van der Waals surface area contributed by atoms with Crippen LogP contribution in [0, 0.1) is 0 Å². The lowest BCUT2D eigenvalue weighted by atomic mass is 10.2. The lowest BCUT2D eigenvalue weighted by Gasteiger charge is -2.12. The van der Waals surface area contributed by atoms with Crippen molar-refractivity contribution in [1.29, 1.82) is 0 Å². The standard InChI is InChI=1S/C21H23N5O2.HI/c1-2-22-21(24-14-17-6-9-19-20(12-17)28-15-27-19)23-13-16-4-7-18(8-5-16)26-11-3-10-25-26;/h3-12H,2,13-15H2,1H3,(H2,22,23,24);1H. The number of guanidine groups is 1. The zero-order valence-corrected chi connectivity index (χ0v) is 18.5. The first-order chi connectivity index (χ1) is 13.8. The zero-order valence-electron chi connectivity index (χ0n) is 16.2. The molecule has 1 aliphatic rings. The summed E-state index contributed by atoms with van der Waals surface area (Å²) >= 11 is 0. The van der Waals surface area contributed by atoms with E-state index in [0.29, 0.717) is 13.1 Å². The lowest BCUT2D eigenvalue weighted by Crippen LogP contribution is -2.36. The number of nitrogens with zero attached hydrogens (tertiary/aromatic N) is 3. The number of aliphatic imine (C=N–C) groups is 1. The van der Waals surface area contributed by atoms with Crippen molar-refractivity contribution in [3.63, 3.8) is 0 Å². The number of halogens is 1. The molecule has 0 aliphatic carbocycles. The maximum atomic E-state index is 5.43. The zero-order chi connectivity index (χ0) is 19.2. The molecule has 0 amide bonds. The Hall–Kier alpha value is -2.75. The molecule has 0 bridgehead atoms. The van der Waals surface area contributed by atoms with E-state index in [9.17, 15) is 0 Å². The van der Waals surface area contributed by atoms with Crippen LogP contribution in [0.15, 0.2) is 65.9 Å². The van der Waals surface area contributed by atoms with Crippen LogP contribution in [0.2, 0.25) is 0 Å². The van der Waals surface area contributed by atoms with Crippen LogP contribution in [0.5, 0.6) is 11.5 Å². The van der Waals surface area contributed by atoms with Gasteiger partial charge in [0.2, 0.25) is 6.79 Å². The second-order valence-electron chi connectivity index (χ2n) is 6.35. The predicted octanol–water partition coefficient (Wildman–Crippen LogP) is 3.47. The summed E-state index contributed by atoms with van der Waals surface area (Å²) in [6, 6.07) is 16.1. The minimum atomic E-state index is 0. The molecule has 0 saturated carbocycles. The van der Waals surface area contributed by atoms with Crippen LogP contribution in [0.25, 0.3) is 5.69 Å². The summed E-state index contributed by atoms with van der Waals surface area (Å²) < 4.78 is 12.6. The SMILES string of the molecule is CCNC(=NCc1ccc2c(c1)OCO2)NCc1ccc(-n2cccn2)cc1.I. The molecular weight excluding hydrogens is 481 g/mol. The van der Waals surface area contributed by atoms with Crippen molar-refractivity contribution in [1.82, 2.24) is 20.4 Å². The Kier molecular flexibility index (Phi) is 7.34. The van der Waals surface area contributed by atoms with E-state index in [2.05, 4.69) is 51.9 Å². The lowest BCUT2D eigenvalue weighted by molar-refractivity contribution is 0.174. The second kappa shape index (κ2) is 10.1. The first-order valence-electron chi connectivity index (χ1n) is 9.31. The van der Waals surface area contributed by atoms with Gasteiger partial charge in [0.25, 0.3) is 0 Å². The van der Waals surface area contributed by atoms with Crippen LogP contribution < -0.4 is 20.1 Å². The molecule has 4 rings (SSSR count). The van der Waals surface area contributed by atoms with Crippen molar-refractivity contribution in [2.75, 3.05) is 13.3 Å². The monoisotopic (exact) mass is 505 g/mol. The molecule has 0 fully saturated rings. The number of ether oxygens (including phenoxy) is 2. The topological polar surface area (TPSA) is 72.7 Å². The fourth-order valence-corrected chi connectivity index (χ4v) is 2.93. The van der Waals surface area contributed by atoms with Crippen molar-refractivity contribution in [3.8, 4) is 17.2 Å². The van der Waals surface area contributed by atoms with Gasteiger partial charge in [-0.15, -0.1) is 24.0 Å². The molecule has 1 aliphatic heterocycles. The van der Waals surface area contributed by atoms with Crippen LogP contribution in [0.1, 0.15) is 18.1 Å². The number of benzene rings is 2. The van der Waals surface area contributed by atoms with Crippen LogP contribution in [-0.2, 0) is 13.1 Å². The molecule has 2 aromatic carbocycles. The van der Waals surface area contributed by atoms with E-state index in [1.807, 2.05) is 35.1 Å². The molecule has 1 aromatic heterocycles. The molecule has 2 N–H and O–H groups in total. The Labute approximate surface area is 187 Å². The van der Waals surface area contributed by atoms with Gasteiger partial charge in [0.05, 0.1) is 12.2 Å². The third-order valence-corrected chi connectivity index (χ3v) is 4.37. The summed E-state index contributed by atoms with van der Waals surface area (Å²) in [7, 11) is 0. The molecule has 3 aromatic rings. The molecular formula is C21H24IN5O2. The van der Waals surface area contributed by atoms with Gasteiger partial charge in [-0.2, -0.15) is 5.10 Å². The van der Waals surface area contributed by atoms with Crippen molar-refractivity contribution in [3.05, 3.63) is 72.1 Å². The van der Waals surface area contributed by atoms with E-state index in [-0.39, 0.29) is 30.8 Å². The molecule has 8 heteroatoms. The summed E-state index contributed by atoms with van der Waals surface area (Å²) in [5.74, 6) is 2.34. The van der Waals surface area contributed by atoms with Crippen molar-refractivity contribution < 1.29 is 9.47 Å². The first kappa shape index (κ1) is 21.0. The third kappa shape index (κ3) is 5.41. The van der Waals surface area contributed by atoms with E-state index >= 15 is 0 Å². The van der Waals surface area contributed by atoms with Gasteiger partial charge >= 0.3 is 0 Å². The summed E-state index contributed by atoms with van der Waals surface area (Å²) in [6.45, 7) is 4.38. The highest BCUT2D eigenvalue weighted by atomic mass is 127. The fourth-order valence-electron chi connectivity index (χ4n) is 2.93. The van der Waals surface area contributed by atoms with E-state index in [1.165, 1.54) is 5.56 Å². The summed E-state index contributed by atoms with van der Waals surface area (Å²) in [5, 5.41) is 10.9. The number of aromatic nitrogens is 2. The summed E-state index contributed by atoms with van der Waals surface area (Å²) in [6.07, 6.45) is 3.70. The number of fused-ring (bicyclic) bond motifs is 1. The van der Waals surface area contributed by atoms with Gasteiger partial charge in [0, 0.05) is 25.5 Å². The number of rotatable bonds is 6. The molecule has 152 valence electrons. The number of hydrogen-bond acceptors (Lipinski definition) is 4. The molecule has 7 nitrogen and oxygen atoms in total. The molecule has 0 unspecified atom stereocenters. The molecule has 0 radical (unpaired) electrons. The average Bonchev–Trinajstić information content (AvgIpc) is 3.42. The van der Waals surface area contributed by atoms with Gasteiger partial charge in [-0.3, -0.25) is 0 Å². The largest absolute Gasteiger partial charge is 0.454 e. The summed E-state index contributed by atoms with van der Waals surface area (Å²) in [5.41, 5.74) is 3.28. The summed E-state index contributed by atoms with van der Waals surface area (Å²) in [4.78, 5) is 4.67. The van der Waals surface area contributed by atoms with Gasteiger partial charge in [-0.1, -0.05) is 18.2 Å². The Morgan fingerprint density at radius 1 is 1.07 bits per heavy atom. The number of nitrogens with one attached hydrogen (secondary N) is 2. The van der Waals surface area contributed by atoms with Crippen molar-refractivity contribution >= 4 is 29.9 Å². The Morgan fingerprint density at radius 3 is 2.62 bits per heavy atom. The number of hydrogen-bond donors (Lipinski definition) is 2. The van der Waals surface area contributed by atoms with Crippen LogP contribution in [-0.4, -0.2) is 29.1 Å². The normalized spacial score (nSPS) is 12.4. The van der Waals surface area contributed by atoms with Gasteiger partial charge in [-0.25, -0.2) is 9.67 Å². The maximum absolute atomic E-state index is 5.43. The predicted molar refractivity (Wildman–Crippen MR) is 123 cm³/mol. The quantitative estimate of drug-likeness (QED) is 0.305. The van der Waals surface area contributed by atoms with E-state index in [4.69, 9.17) is 9.47 Å². The molecule has 2 heterocycles. The smallest absolute Gasteiger partial charge is 0.231 e. The van der Waals surface area contributed by atoms with Gasteiger partial charge in [-0.05, 0) is 48.4 Å². The maximum Gasteiger partial charge on any atom is 0.231 e. The Morgan fingerprint density at radius 2 is 1.86 bits per heavy atom. The van der Waals surface area contributed by atoms with Gasteiger partial charge < -0.3 is 20.1 Å². The fraction of sp³-hybridized carbons (Fsp3) is 0.238. The van der Waals surface area contributed by atoms with Crippen LogP contribution in [0.3, 0.4) is 0 Å². The van der Waals surface area contributed by atoms with E-state index < -0.39 is 0 Å². The minimum absolute atomic E-state index is 0. The van der Waals surface area contributed by atoms with E-state index in [0.717, 1.165) is 35.3 Å². The molecule has 29 heavy (non-hydrogen) atoms. The highest BCUT2D eigenvalue weighted by molar-refractivity contribution is 14.0. The van der Waals surface area contributed by atoms with Crippen molar-refractivity contribution in [2.24, 2.45) is 4.99 Å². The Balaban J connectivity index is 0.00000240. The van der Waals surface area contributed by atoms with E-state index in [1.54, 1.807) is 6.20 Å². The first-order valence-corrected chi connectivity index (χ1v) is 9.31. The minimum Gasteiger partial charge on any atom is -0.454 e. The average molecular weight is 505 g/mol.